The summed E-state index contributed by atoms with van der Waals surface area (Å²) in [5.41, 5.74) is -0.528. The number of nitriles is 1. The third-order valence-electron chi connectivity index (χ3n) is 3.48. The molecule has 1 aliphatic heterocycles. The molecule has 0 radical (unpaired) electrons. The van der Waals surface area contributed by atoms with Gasteiger partial charge in [-0.2, -0.15) is 5.26 Å². The van der Waals surface area contributed by atoms with Crippen molar-refractivity contribution in [2.24, 2.45) is 5.92 Å². The number of rotatable bonds is 5. The highest BCUT2D eigenvalue weighted by Crippen LogP contribution is 2.18. The van der Waals surface area contributed by atoms with Crippen molar-refractivity contribution in [2.75, 3.05) is 33.2 Å². The Balaban J connectivity index is 2.57. The first-order valence-corrected chi connectivity index (χ1v) is 6.65. The highest BCUT2D eigenvalue weighted by Gasteiger charge is 2.31. The van der Waals surface area contributed by atoms with Crippen LogP contribution in [0.15, 0.2) is 0 Å². The third-order valence-corrected chi connectivity index (χ3v) is 3.48. The molecule has 0 bridgehead atoms. The van der Waals surface area contributed by atoms with Crippen molar-refractivity contribution in [2.45, 2.75) is 32.2 Å². The summed E-state index contributed by atoms with van der Waals surface area (Å²) in [7, 11) is 1.68. The number of likely N-dealkylation sites (N-methyl/N-ethyl adjacent to an activating group) is 1. The maximum Gasteiger partial charge on any atom is 0.224 e. The Morgan fingerprint density at radius 3 is 2.89 bits per heavy atom. The van der Waals surface area contributed by atoms with Crippen molar-refractivity contribution in [1.82, 2.24) is 15.5 Å². The van der Waals surface area contributed by atoms with Crippen molar-refractivity contribution in [3.05, 3.63) is 0 Å². The Hall–Kier alpha value is -1.12. The zero-order valence-electron chi connectivity index (χ0n) is 11.6. The van der Waals surface area contributed by atoms with E-state index < -0.39 is 5.54 Å². The molecule has 0 saturated carbocycles. The minimum Gasteiger partial charge on any atom is -0.359 e. The number of hydrogen-bond donors (Lipinski definition) is 2. The van der Waals surface area contributed by atoms with Gasteiger partial charge >= 0.3 is 0 Å². The largest absolute Gasteiger partial charge is 0.359 e. The van der Waals surface area contributed by atoms with Gasteiger partial charge in [0.05, 0.1) is 12.0 Å². The van der Waals surface area contributed by atoms with Crippen molar-refractivity contribution >= 4 is 5.91 Å². The van der Waals surface area contributed by atoms with Crippen LogP contribution >= 0.6 is 0 Å². The molecule has 18 heavy (non-hydrogen) atoms. The molecule has 1 amide bonds. The molecule has 2 unspecified atom stereocenters. The quantitative estimate of drug-likeness (QED) is 0.740. The lowest BCUT2D eigenvalue weighted by molar-refractivity contribution is -0.126. The molecule has 1 saturated heterocycles. The summed E-state index contributed by atoms with van der Waals surface area (Å²) in [6.45, 7) is 7.08. The molecule has 0 aliphatic carbocycles. The van der Waals surface area contributed by atoms with E-state index in [0.29, 0.717) is 6.54 Å². The summed E-state index contributed by atoms with van der Waals surface area (Å²) in [6.07, 6.45) is 1.96. The fraction of sp³-hybridized carbons (Fsp3) is 0.846. The first kappa shape index (κ1) is 14.9. The van der Waals surface area contributed by atoms with Crippen molar-refractivity contribution in [1.29, 1.82) is 5.26 Å². The summed E-state index contributed by atoms with van der Waals surface area (Å²) in [4.78, 5) is 13.9. The van der Waals surface area contributed by atoms with Crippen LogP contribution in [0.3, 0.4) is 0 Å². The third kappa shape index (κ3) is 3.97. The second kappa shape index (κ2) is 6.72. The van der Waals surface area contributed by atoms with Crippen molar-refractivity contribution < 1.29 is 4.79 Å². The predicted octanol–water partition coefficient (Wildman–Crippen LogP) is 0.336. The second-order valence-electron chi connectivity index (χ2n) is 5.16. The Bertz CT molecular complexity index is 325. The summed E-state index contributed by atoms with van der Waals surface area (Å²) < 4.78 is 0. The molecule has 2 atom stereocenters. The number of amides is 1. The van der Waals surface area contributed by atoms with Crippen LogP contribution in [0.25, 0.3) is 0 Å². The minimum atomic E-state index is -0.528. The van der Waals surface area contributed by atoms with E-state index in [1.807, 2.05) is 13.8 Å². The molecule has 0 spiro atoms. The van der Waals surface area contributed by atoms with Gasteiger partial charge < -0.3 is 5.32 Å². The van der Waals surface area contributed by atoms with Gasteiger partial charge in [0, 0.05) is 20.1 Å². The number of likely N-dealkylation sites (tertiary alicyclic amines) is 1. The van der Waals surface area contributed by atoms with Crippen LogP contribution in [-0.2, 0) is 4.79 Å². The van der Waals surface area contributed by atoms with Gasteiger partial charge in [0.25, 0.3) is 0 Å². The van der Waals surface area contributed by atoms with Crippen LogP contribution in [-0.4, -0.2) is 49.6 Å². The Kier molecular flexibility index (Phi) is 5.57. The highest BCUT2D eigenvalue weighted by molar-refractivity contribution is 5.78. The average Bonchev–Trinajstić information content (AvgIpc) is 2.38. The molecule has 0 aromatic carbocycles. The van der Waals surface area contributed by atoms with Gasteiger partial charge in [-0.1, -0.05) is 6.92 Å². The fourth-order valence-corrected chi connectivity index (χ4v) is 2.59. The van der Waals surface area contributed by atoms with Crippen LogP contribution in [0.1, 0.15) is 26.7 Å². The van der Waals surface area contributed by atoms with Crippen LogP contribution < -0.4 is 10.6 Å². The molecule has 0 aromatic heterocycles. The lowest BCUT2D eigenvalue weighted by atomic mass is 9.95. The topological polar surface area (TPSA) is 68.2 Å². The number of hydrogen-bond acceptors (Lipinski definition) is 4. The van der Waals surface area contributed by atoms with Crippen molar-refractivity contribution in [3.8, 4) is 6.07 Å². The molecule has 5 heteroatoms. The molecular weight excluding hydrogens is 228 g/mol. The molecular formula is C13H24N4O. The Labute approximate surface area is 110 Å². The Morgan fingerprint density at radius 1 is 1.61 bits per heavy atom. The van der Waals surface area contributed by atoms with E-state index in [9.17, 15) is 10.1 Å². The zero-order chi connectivity index (χ0) is 13.6. The lowest BCUT2D eigenvalue weighted by Gasteiger charge is -2.36. The highest BCUT2D eigenvalue weighted by atomic mass is 16.1. The van der Waals surface area contributed by atoms with E-state index in [-0.39, 0.29) is 11.8 Å². The van der Waals surface area contributed by atoms with Crippen LogP contribution in [0.4, 0.5) is 0 Å². The summed E-state index contributed by atoms with van der Waals surface area (Å²) in [6, 6.07) is 2.33. The molecule has 102 valence electrons. The molecule has 1 heterocycles. The van der Waals surface area contributed by atoms with E-state index in [4.69, 9.17) is 0 Å². The predicted molar refractivity (Wildman–Crippen MR) is 70.9 cm³/mol. The smallest absolute Gasteiger partial charge is 0.224 e. The van der Waals surface area contributed by atoms with Gasteiger partial charge in [-0.15, -0.1) is 0 Å². The van der Waals surface area contributed by atoms with E-state index >= 15 is 0 Å². The van der Waals surface area contributed by atoms with Gasteiger partial charge in [0.15, 0.2) is 0 Å². The monoisotopic (exact) mass is 252 g/mol. The minimum absolute atomic E-state index is 0.0633. The Morgan fingerprint density at radius 2 is 2.33 bits per heavy atom. The van der Waals surface area contributed by atoms with Gasteiger partial charge in [0.1, 0.15) is 5.54 Å². The number of carbonyl (C=O) groups excluding carboxylic acids is 1. The van der Waals surface area contributed by atoms with Crippen LogP contribution in [0, 0.1) is 17.2 Å². The average molecular weight is 252 g/mol. The number of nitrogens with zero attached hydrogens (tertiary/aromatic N) is 2. The van der Waals surface area contributed by atoms with Gasteiger partial charge in [-0.05, 0) is 32.9 Å². The molecule has 2 N–H and O–H groups in total. The summed E-state index contributed by atoms with van der Waals surface area (Å²) in [5, 5.41) is 15.2. The molecule has 1 fully saturated rings. The van der Waals surface area contributed by atoms with Crippen LogP contribution in [0.5, 0.6) is 0 Å². The van der Waals surface area contributed by atoms with Gasteiger partial charge in [-0.3, -0.25) is 15.0 Å². The number of nitrogens with one attached hydrogen (secondary N) is 2. The fourth-order valence-electron chi connectivity index (χ4n) is 2.59. The number of carbonyl (C=O) groups is 1. The lowest BCUT2D eigenvalue weighted by Crippen LogP contribution is -2.53. The molecule has 5 nitrogen and oxygen atoms in total. The first-order chi connectivity index (χ1) is 8.54. The number of piperidine rings is 1. The summed E-state index contributed by atoms with van der Waals surface area (Å²) >= 11 is 0. The molecule has 0 aromatic rings. The standard InChI is InChI=1S/C13H24N4O/c1-4-16-13(2,9-14)10-17-7-5-6-11(8-17)12(18)15-3/h11,16H,4-8,10H2,1-3H3,(H,15,18). The SMILES string of the molecule is CCNC(C)(C#N)CN1CCCC(C(=O)NC)C1. The van der Waals surface area contributed by atoms with E-state index in [0.717, 1.165) is 32.5 Å². The normalized spacial score (nSPS) is 24.0. The second-order valence-corrected chi connectivity index (χ2v) is 5.16. The van der Waals surface area contributed by atoms with Crippen molar-refractivity contribution in [3.63, 3.8) is 0 Å². The van der Waals surface area contributed by atoms with Gasteiger partial charge in [0.2, 0.25) is 5.91 Å². The first-order valence-electron chi connectivity index (χ1n) is 6.65. The van der Waals surface area contributed by atoms with Crippen LogP contribution in [0.2, 0.25) is 0 Å². The van der Waals surface area contributed by atoms with Gasteiger partial charge in [-0.25, -0.2) is 0 Å². The van der Waals surface area contributed by atoms with E-state index in [1.165, 1.54) is 0 Å². The van der Waals surface area contributed by atoms with E-state index in [1.54, 1.807) is 7.05 Å². The maximum atomic E-state index is 11.7. The van der Waals surface area contributed by atoms with E-state index in [2.05, 4.69) is 21.6 Å². The maximum absolute atomic E-state index is 11.7. The zero-order valence-corrected chi connectivity index (χ0v) is 11.6. The summed E-state index contributed by atoms with van der Waals surface area (Å²) in [5.74, 6) is 0.176. The molecule has 1 aliphatic rings. The molecule has 1 rings (SSSR count).